The Labute approximate surface area is 172 Å². The molecule has 1 aromatic heterocycles. The highest BCUT2D eigenvalue weighted by Gasteiger charge is 2.25. The quantitative estimate of drug-likeness (QED) is 0.324. The zero-order chi connectivity index (χ0) is 20.1. The summed E-state index contributed by atoms with van der Waals surface area (Å²) in [6, 6.07) is 12.4. The Bertz CT molecular complexity index is 986. The average Bonchev–Trinajstić information content (AvgIpc) is 3.08. The fourth-order valence-electron chi connectivity index (χ4n) is 3.37. The lowest BCUT2D eigenvalue weighted by molar-refractivity contribution is 0.0699. The summed E-state index contributed by atoms with van der Waals surface area (Å²) in [4.78, 5) is 25.1. The number of hydrogen-bond donors (Lipinski definition) is 1. The molecule has 0 bridgehead atoms. The number of benzene rings is 2. The summed E-state index contributed by atoms with van der Waals surface area (Å²) in [6.07, 6.45) is 4.41. The summed E-state index contributed by atoms with van der Waals surface area (Å²) in [5.74, 6) is -0.683. The van der Waals surface area contributed by atoms with Crippen molar-refractivity contribution in [2.45, 2.75) is 39.0 Å². The van der Waals surface area contributed by atoms with E-state index in [-0.39, 0.29) is 11.3 Å². The van der Waals surface area contributed by atoms with Gasteiger partial charge in [0.1, 0.15) is 11.3 Å². The van der Waals surface area contributed by atoms with Gasteiger partial charge < -0.3 is 9.52 Å². The first-order chi connectivity index (χ1) is 13.6. The Morgan fingerprint density at radius 2 is 1.79 bits per heavy atom. The van der Waals surface area contributed by atoms with Gasteiger partial charge >= 0.3 is 5.97 Å². The molecule has 2 aromatic carbocycles. The third kappa shape index (κ3) is 4.20. The highest BCUT2D eigenvalue weighted by atomic mass is 79.9. The third-order valence-electron chi connectivity index (χ3n) is 4.82. The first-order valence-electron chi connectivity index (χ1n) is 9.54. The van der Waals surface area contributed by atoms with Crippen molar-refractivity contribution in [2.75, 3.05) is 5.33 Å². The van der Waals surface area contributed by atoms with Crippen LogP contribution in [0.2, 0.25) is 0 Å². The van der Waals surface area contributed by atoms with E-state index in [0.717, 1.165) is 31.0 Å². The van der Waals surface area contributed by atoms with Crippen LogP contribution in [0.3, 0.4) is 0 Å². The van der Waals surface area contributed by atoms with Crippen LogP contribution < -0.4 is 0 Å². The molecular formula is C23H23BrO4. The lowest BCUT2D eigenvalue weighted by Crippen LogP contribution is -2.07. The smallest absolute Gasteiger partial charge is 0.336 e. The van der Waals surface area contributed by atoms with Gasteiger partial charge in [0.05, 0.1) is 11.1 Å². The number of furan rings is 1. The number of alkyl halides is 1. The maximum Gasteiger partial charge on any atom is 0.336 e. The number of aryl methyl sites for hydroxylation is 2. The molecule has 0 aliphatic carbocycles. The molecule has 0 saturated heterocycles. The number of halogens is 1. The topological polar surface area (TPSA) is 67.5 Å². The van der Waals surface area contributed by atoms with Gasteiger partial charge in [-0.2, -0.15) is 0 Å². The molecule has 0 atom stereocenters. The zero-order valence-electron chi connectivity index (χ0n) is 15.8. The number of fused-ring (bicyclic) bond motifs is 1. The lowest BCUT2D eigenvalue weighted by Gasteiger charge is -2.06. The standard InChI is InChI=1S/C23H23BrO4/c1-2-3-8-19-21(20-17(23(26)27)7-4-9-18(20)28-19)22(25)16-12-10-15(11-13-16)6-5-14-24/h4,7,9-13H,2-3,5-6,8,14H2,1H3,(H,26,27). The number of hydrogen-bond acceptors (Lipinski definition) is 3. The van der Waals surface area contributed by atoms with E-state index in [0.29, 0.717) is 34.3 Å². The van der Waals surface area contributed by atoms with E-state index >= 15 is 0 Å². The molecule has 0 fully saturated rings. The van der Waals surface area contributed by atoms with Crippen LogP contribution in [0.15, 0.2) is 46.9 Å². The summed E-state index contributed by atoms with van der Waals surface area (Å²) in [5.41, 5.74) is 2.65. The Hall–Kier alpha value is -2.40. The van der Waals surface area contributed by atoms with Crippen molar-refractivity contribution in [1.82, 2.24) is 0 Å². The minimum atomic E-state index is -1.06. The van der Waals surface area contributed by atoms with Gasteiger partial charge in [-0.1, -0.05) is 59.6 Å². The van der Waals surface area contributed by atoms with E-state index in [1.807, 2.05) is 24.3 Å². The molecule has 0 unspecified atom stereocenters. The van der Waals surface area contributed by atoms with E-state index in [1.165, 1.54) is 11.6 Å². The highest BCUT2D eigenvalue weighted by molar-refractivity contribution is 9.09. The Balaban J connectivity index is 2.08. The SMILES string of the molecule is CCCCc1oc2cccc(C(=O)O)c2c1C(=O)c1ccc(CCCBr)cc1. The van der Waals surface area contributed by atoms with Gasteiger partial charge in [0.2, 0.25) is 0 Å². The number of carbonyl (C=O) groups excluding carboxylic acids is 1. The number of carbonyl (C=O) groups is 2. The predicted molar refractivity (Wildman–Crippen MR) is 114 cm³/mol. The van der Waals surface area contributed by atoms with Crippen LogP contribution in [0.4, 0.5) is 0 Å². The monoisotopic (exact) mass is 442 g/mol. The van der Waals surface area contributed by atoms with Crippen molar-refractivity contribution in [3.8, 4) is 0 Å². The van der Waals surface area contributed by atoms with Crippen LogP contribution in [0, 0.1) is 0 Å². The largest absolute Gasteiger partial charge is 0.478 e. The average molecular weight is 443 g/mol. The van der Waals surface area contributed by atoms with Gasteiger partial charge in [0.25, 0.3) is 0 Å². The van der Waals surface area contributed by atoms with Crippen molar-refractivity contribution < 1.29 is 19.1 Å². The molecule has 0 aliphatic heterocycles. The molecule has 28 heavy (non-hydrogen) atoms. The van der Waals surface area contributed by atoms with E-state index < -0.39 is 5.97 Å². The van der Waals surface area contributed by atoms with Gasteiger partial charge in [0, 0.05) is 22.7 Å². The predicted octanol–water partition coefficient (Wildman–Crippen LogP) is 6.03. The van der Waals surface area contributed by atoms with Crippen molar-refractivity contribution in [3.05, 3.63) is 70.5 Å². The summed E-state index contributed by atoms with van der Waals surface area (Å²) in [7, 11) is 0. The highest BCUT2D eigenvalue weighted by Crippen LogP contribution is 2.32. The molecular weight excluding hydrogens is 420 g/mol. The van der Waals surface area contributed by atoms with Gasteiger partial charge in [-0.25, -0.2) is 4.79 Å². The molecule has 146 valence electrons. The maximum absolute atomic E-state index is 13.3. The van der Waals surface area contributed by atoms with Crippen LogP contribution >= 0.6 is 15.9 Å². The molecule has 5 heteroatoms. The van der Waals surface area contributed by atoms with Gasteiger partial charge in [-0.05, 0) is 37.0 Å². The van der Waals surface area contributed by atoms with Crippen LogP contribution in [-0.4, -0.2) is 22.2 Å². The summed E-state index contributed by atoms with van der Waals surface area (Å²) in [6.45, 7) is 2.07. The van der Waals surface area contributed by atoms with Crippen LogP contribution in [-0.2, 0) is 12.8 Å². The molecule has 1 N–H and O–H groups in total. The summed E-state index contributed by atoms with van der Waals surface area (Å²) >= 11 is 3.43. The second-order valence-electron chi connectivity index (χ2n) is 6.81. The minimum Gasteiger partial charge on any atom is -0.478 e. The fraction of sp³-hybridized carbons (Fsp3) is 0.304. The number of aromatic carboxylic acids is 1. The molecule has 0 aliphatic rings. The van der Waals surface area contributed by atoms with Gasteiger partial charge in [-0.3, -0.25) is 4.79 Å². The van der Waals surface area contributed by atoms with E-state index in [2.05, 4.69) is 22.9 Å². The maximum atomic E-state index is 13.3. The molecule has 1 heterocycles. The number of unbranched alkanes of at least 4 members (excludes halogenated alkanes) is 1. The van der Waals surface area contributed by atoms with Crippen molar-refractivity contribution in [2.24, 2.45) is 0 Å². The summed E-state index contributed by atoms with van der Waals surface area (Å²) in [5, 5.41) is 10.9. The van der Waals surface area contributed by atoms with E-state index in [4.69, 9.17) is 4.42 Å². The van der Waals surface area contributed by atoms with Crippen LogP contribution in [0.1, 0.15) is 63.8 Å². The number of carboxylic acid groups (broad SMARTS) is 1. The molecule has 0 saturated carbocycles. The van der Waals surface area contributed by atoms with Crippen LogP contribution in [0.5, 0.6) is 0 Å². The van der Waals surface area contributed by atoms with Crippen molar-refractivity contribution >= 4 is 38.7 Å². The van der Waals surface area contributed by atoms with Gasteiger partial charge in [0.15, 0.2) is 5.78 Å². The minimum absolute atomic E-state index is 0.0984. The number of rotatable bonds is 9. The second-order valence-corrected chi connectivity index (χ2v) is 7.60. The molecule has 3 aromatic rings. The first kappa shape index (κ1) is 20.3. The van der Waals surface area contributed by atoms with Crippen molar-refractivity contribution in [1.29, 1.82) is 0 Å². The lowest BCUT2D eigenvalue weighted by atomic mass is 9.95. The Morgan fingerprint density at radius 3 is 2.43 bits per heavy atom. The Kier molecular flexibility index (Phi) is 6.68. The Morgan fingerprint density at radius 1 is 1.04 bits per heavy atom. The zero-order valence-corrected chi connectivity index (χ0v) is 17.4. The first-order valence-corrected chi connectivity index (χ1v) is 10.7. The fourth-order valence-corrected chi connectivity index (χ4v) is 3.65. The molecule has 3 rings (SSSR count). The molecule has 0 radical (unpaired) electrons. The van der Waals surface area contributed by atoms with Crippen molar-refractivity contribution in [3.63, 3.8) is 0 Å². The number of ketones is 1. The normalized spacial score (nSPS) is 11.1. The third-order valence-corrected chi connectivity index (χ3v) is 5.38. The van der Waals surface area contributed by atoms with Crippen LogP contribution in [0.25, 0.3) is 11.0 Å². The second kappa shape index (κ2) is 9.20. The van der Waals surface area contributed by atoms with E-state index in [9.17, 15) is 14.7 Å². The molecule has 4 nitrogen and oxygen atoms in total. The summed E-state index contributed by atoms with van der Waals surface area (Å²) < 4.78 is 5.92. The molecule has 0 amide bonds. The molecule has 0 spiro atoms. The van der Waals surface area contributed by atoms with Gasteiger partial charge in [-0.15, -0.1) is 0 Å². The number of carboxylic acids is 1. The van der Waals surface area contributed by atoms with E-state index in [1.54, 1.807) is 12.1 Å².